The fourth-order valence-electron chi connectivity index (χ4n) is 4.16. The van der Waals surface area contributed by atoms with Crippen LogP contribution in [0.1, 0.15) is 18.2 Å². The third kappa shape index (κ3) is 3.89. The molecule has 1 aromatic heterocycles. The predicted molar refractivity (Wildman–Crippen MR) is 118 cm³/mol. The molecule has 0 N–H and O–H groups in total. The molecule has 156 valence electrons. The zero-order valence-corrected chi connectivity index (χ0v) is 16.9. The molecular formula is C25H22FN3O2. The molecule has 0 radical (unpaired) electrons. The number of amides is 1. The lowest BCUT2D eigenvalue weighted by Crippen LogP contribution is -2.24. The summed E-state index contributed by atoms with van der Waals surface area (Å²) >= 11 is 0. The number of fused-ring (bicyclic) bond motifs is 1. The maximum absolute atomic E-state index is 13.3. The van der Waals surface area contributed by atoms with E-state index in [1.165, 1.54) is 12.1 Å². The molecule has 1 saturated heterocycles. The topological polar surface area (TPSA) is 47.4 Å². The van der Waals surface area contributed by atoms with E-state index in [9.17, 15) is 9.18 Å². The summed E-state index contributed by atoms with van der Waals surface area (Å²) < 4.78 is 21.4. The lowest BCUT2D eigenvalue weighted by atomic mass is 10.1. The number of hydrogen-bond acceptors (Lipinski definition) is 3. The highest BCUT2D eigenvalue weighted by atomic mass is 19.1. The summed E-state index contributed by atoms with van der Waals surface area (Å²) in [7, 11) is 0. The highest BCUT2D eigenvalue weighted by Crippen LogP contribution is 2.33. The molecule has 31 heavy (non-hydrogen) atoms. The zero-order valence-electron chi connectivity index (χ0n) is 16.9. The zero-order chi connectivity index (χ0) is 21.2. The third-order valence-corrected chi connectivity index (χ3v) is 5.64. The number of ether oxygens (including phenoxy) is 1. The van der Waals surface area contributed by atoms with E-state index in [-0.39, 0.29) is 17.6 Å². The fourth-order valence-corrected chi connectivity index (χ4v) is 4.16. The van der Waals surface area contributed by atoms with Crippen LogP contribution in [-0.2, 0) is 11.3 Å². The Balaban J connectivity index is 1.40. The van der Waals surface area contributed by atoms with Gasteiger partial charge in [-0.2, -0.15) is 0 Å². The minimum Gasteiger partial charge on any atom is -0.492 e. The minimum absolute atomic E-state index is 0.0238. The van der Waals surface area contributed by atoms with E-state index in [1.54, 1.807) is 17.0 Å². The van der Waals surface area contributed by atoms with Crippen molar-refractivity contribution in [2.45, 2.75) is 18.9 Å². The Kier molecular flexibility index (Phi) is 5.12. The molecule has 0 spiro atoms. The van der Waals surface area contributed by atoms with Gasteiger partial charge >= 0.3 is 0 Å². The summed E-state index contributed by atoms with van der Waals surface area (Å²) in [4.78, 5) is 19.3. The summed E-state index contributed by atoms with van der Waals surface area (Å²) in [5, 5.41) is 0. The molecule has 6 heteroatoms. The Bertz CT molecular complexity index is 1200. The standard InChI is InChI=1S/C25H22FN3O2/c26-19-10-12-20(13-11-19)29-17-18(16-24(29)30)25-27-22-8-4-5-9-23(22)28(25)14-15-31-21-6-2-1-3-7-21/h1-13,18H,14-17H2/t18-/m1/s1. The molecule has 0 unspecified atom stereocenters. The van der Waals surface area contributed by atoms with Crippen molar-refractivity contribution in [2.75, 3.05) is 18.1 Å². The first-order valence-electron chi connectivity index (χ1n) is 10.4. The van der Waals surface area contributed by atoms with Crippen molar-refractivity contribution in [1.29, 1.82) is 0 Å². The van der Waals surface area contributed by atoms with Gasteiger partial charge in [-0.15, -0.1) is 0 Å². The minimum atomic E-state index is -0.313. The average molecular weight is 415 g/mol. The average Bonchev–Trinajstić information content (AvgIpc) is 3.36. The number of nitrogens with zero attached hydrogens (tertiary/aromatic N) is 3. The van der Waals surface area contributed by atoms with Gasteiger partial charge in [-0.25, -0.2) is 9.37 Å². The van der Waals surface area contributed by atoms with Crippen LogP contribution in [0.15, 0.2) is 78.9 Å². The number of aromatic nitrogens is 2. The predicted octanol–water partition coefficient (Wildman–Crippen LogP) is 4.77. The molecule has 4 aromatic rings. The second kappa shape index (κ2) is 8.22. The van der Waals surface area contributed by atoms with Crippen molar-refractivity contribution < 1.29 is 13.9 Å². The second-order valence-electron chi connectivity index (χ2n) is 7.65. The van der Waals surface area contributed by atoms with Crippen molar-refractivity contribution in [3.05, 3.63) is 90.5 Å². The van der Waals surface area contributed by atoms with Crippen molar-refractivity contribution >= 4 is 22.6 Å². The van der Waals surface area contributed by atoms with Gasteiger partial charge in [0.15, 0.2) is 0 Å². The van der Waals surface area contributed by atoms with Crippen molar-refractivity contribution in [3.8, 4) is 5.75 Å². The van der Waals surface area contributed by atoms with E-state index < -0.39 is 0 Å². The van der Waals surface area contributed by atoms with Gasteiger partial charge in [-0.3, -0.25) is 4.79 Å². The first-order chi connectivity index (χ1) is 15.2. The van der Waals surface area contributed by atoms with Gasteiger partial charge in [0.1, 0.15) is 24.0 Å². The molecule has 1 amide bonds. The summed E-state index contributed by atoms with van der Waals surface area (Å²) in [6.07, 6.45) is 0.375. The van der Waals surface area contributed by atoms with Crippen molar-refractivity contribution in [3.63, 3.8) is 0 Å². The summed E-state index contributed by atoms with van der Waals surface area (Å²) in [5.74, 6) is 1.38. The van der Waals surface area contributed by atoms with Gasteiger partial charge in [-0.05, 0) is 48.5 Å². The molecule has 2 heterocycles. The number of imidazole rings is 1. The Hall–Kier alpha value is -3.67. The van der Waals surface area contributed by atoms with E-state index in [0.29, 0.717) is 31.8 Å². The molecule has 1 fully saturated rings. The van der Waals surface area contributed by atoms with Crippen LogP contribution in [0.4, 0.5) is 10.1 Å². The van der Waals surface area contributed by atoms with Gasteiger partial charge in [0.05, 0.1) is 17.6 Å². The fraction of sp³-hybridized carbons (Fsp3) is 0.200. The first-order valence-corrected chi connectivity index (χ1v) is 10.4. The lowest BCUT2D eigenvalue weighted by molar-refractivity contribution is -0.117. The van der Waals surface area contributed by atoms with Crippen LogP contribution in [0, 0.1) is 5.82 Å². The van der Waals surface area contributed by atoms with E-state index in [0.717, 1.165) is 22.6 Å². The van der Waals surface area contributed by atoms with Crippen LogP contribution >= 0.6 is 0 Å². The van der Waals surface area contributed by atoms with Gasteiger partial charge < -0.3 is 14.2 Å². The van der Waals surface area contributed by atoms with Crippen LogP contribution in [0.2, 0.25) is 0 Å². The first kappa shape index (κ1) is 19.3. The molecule has 1 atom stereocenters. The quantitative estimate of drug-likeness (QED) is 0.456. The number of carbonyl (C=O) groups excluding carboxylic acids is 1. The van der Waals surface area contributed by atoms with E-state index in [1.807, 2.05) is 54.6 Å². The summed E-state index contributed by atoms with van der Waals surface area (Å²) in [6.45, 7) is 1.65. The summed E-state index contributed by atoms with van der Waals surface area (Å²) in [6, 6.07) is 23.8. The monoisotopic (exact) mass is 415 g/mol. The van der Waals surface area contributed by atoms with Crippen LogP contribution in [-0.4, -0.2) is 28.6 Å². The van der Waals surface area contributed by atoms with Crippen LogP contribution in [0.3, 0.4) is 0 Å². The maximum atomic E-state index is 13.3. The van der Waals surface area contributed by atoms with E-state index in [2.05, 4.69) is 4.57 Å². The number of halogens is 1. The molecule has 1 aliphatic rings. The van der Waals surface area contributed by atoms with Crippen LogP contribution in [0.25, 0.3) is 11.0 Å². The van der Waals surface area contributed by atoms with Crippen molar-refractivity contribution in [1.82, 2.24) is 9.55 Å². The number of anilines is 1. The summed E-state index contributed by atoms with van der Waals surface area (Å²) in [5.41, 5.74) is 2.65. The molecule has 0 saturated carbocycles. The number of carbonyl (C=O) groups is 1. The largest absolute Gasteiger partial charge is 0.492 e. The Labute approximate surface area is 179 Å². The van der Waals surface area contributed by atoms with Gasteiger partial charge in [0, 0.05) is 24.6 Å². The van der Waals surface area contributed by atoms with Crippen LogP contribution < -0.4 is 9.64 Å². The van der Waals surface area contributed by atoms with E-state index in [4.69, 9.17) is 9.72 Å². The normalized spacial score (nSPS) is 16.2. The highest BCUT2D eigenvalue weighted by molar-refractivity contribution is 5.96. The molecular weight excluding hydrogens is 393 g/mol. The number of hydrogen-bond donors (Lipinski definition) is 0. The van der Waals surface area contributed by atoms with Gasteiger partial charge in [-0.1, -0.05) is 30.3 Å². The highest BCUT2D eigenvalue weighted by Gasteiger charge is 2.34. The Morgan fingerprint density at radius 3 is 2.52 bits per heavy atom. The molecule has 3 aromatic carbocycles. The van der Waals surface area contributed by atoms with Gasteiger partial charge in [0.2, 0.25) is 5.91 Å². The molecule has 0 bridgehead atoms. The number of para-hydroxylation sites is 3. The smallest absolute Gasteiger partial charge is 0.227 e. The maximum Gasteiger partial charge on any atom is 0.227 e. The molecule has 5 rings (SSSR count). The number of rotatable bonds is 6. The third-order valence-electron chi connectivity index (χ3n) is 5.64. The SMILES string of the molecule is O=C1C[C@@H](c2nc3ccccc3n2CCOc2ccccc2)CN1c1ccc(F)cc1. The van der Waals surface area contributed by atoms with Crippen molar-refractivity contribution in [2.24, 2.45) is 0 Å². The van der Waals surface area contributed by atoms with E-state index >= 15 is 0 Å². The van der Waals surface area contributed by atoms with Crippen LogP contribution in [0.5, 0.6) is 5.75 Å². The molecule has 5 nitrogen and oxygen atoms in total. The second-order valence-corrected chi connectivity index (χ2v) is 7.65. The Morgan fingerprint density at radius 2 is 1.71 bits per heavy atom. The Morgan fingerprint density at radius 1 is 0.968 bits per heavy atom. The number of benzene rings is 3. The molecule has 1 aliphatic heterocycles. The molecule has 0 aliphatic carbocycles. The lowest BCUT2D eigenvalue weighted by Gasteiger charge is -2.17. The van der Waals surface area contributed by atoms with Gasteiger partial charge in [0.25, 0.3) is 0 Å².